The second-order valence-corrected chi connectivity index (χ2v) is 6.61. The molecule has 1 fully saturated rings. The Hall–Kier alpha value is -2.82. The third kappa shape index (κ3) is 4.04. The van der Waals surface area contributed by atoms with Crippen LogP contribution in [0.5, 0.6) is 5.75 Å². The monoisotopic (exact) mass is 352 g/mol. The van der Waals surface area contributed by atoms with E-state index in [0.29, 0.717) is 30.0 Å². The van der Waals surface area contributed by atoms with Gasteiger partial charge in [-0.25, -0.2) is 0 Å². The molecule has 0 spiro atoms. The maximum absolute atomic E-state index is 12.7. The number of aryl methyl sites for hydroxylation is 1. The van der Waals surface area contributed by atoms with Gasteiger partial charge in [0.05, 0.1) is 12.7 Å². The Morgan fingerprint density at radius 1 is 1.08 bits per heavy atom. The number of hydrogen-bond donors (Lipinski definition) is 1. The van der Waals surface area contributed by atoms with Gasteiger partial charge in [0.1, 0.15) is 5.75 Å². The number of carbonyl (C=O) groups excluding carboxylic acids is 2. The van der Waals surface area contributed by atoms with Crippen LogP contribution in [0.4, 0.5) is 0 Å². The zero-order valence-corrected chi connectivity index (χ0v) is 15.2. The van der Waals surface area contributed by atoms with Crippen LogP contribution in [0.3, 0.4) is 0 Å². The molecule has 2 aromatic carbocycles. The summed E-state index contributed by atoms with van der Waals surface area (Å²) >= 11 is 0. The third-order valence-electron chi connectivity index (χ3n) is 4.74. The van der Waals surface area contributed by atoms with Crippen molar-refractivity contribution < 1.29 is 14.3 Å². The lowest BCUT2D eigenvalue weighted by molar-refractivity contribution is 0.0695. The number of amides is 2. The number of nitrogens with zero attached hydrogens (tertiary/aromatic N) is 1. The molecule has 0 unspecified atom stereocenters. The molecule has 1 aliphatic rings. The second-order valence-electron chi connectivity index (χ2n) is 6.61. The first-order valence-electron chi connectivity index (χ1n) is 8.88. The van der Waals surface area contributed by atoms with Gasteiger partial charge in [-0.15, -0.1) is 0 Å². The number of ether oxygens (including phenoxy) is 1. The topological polar surface area (TPSA) is 58.6 Å². The van der Waals surface area contributed by atoms with Gasteiger partial charge in [-0.1, -0.05) is 29.8 Å². The lowest BCUT2D eigenvalue weighted by Gasteiger charge is -2.32. The molecule has 26 heavy (non-hydrogen) atoms. The van der Waals surface area contributed by atoms with E-state index in [1.165, 1.54) is 0 Å². The van der Waals surface area contributed by atoms with Crippen molar-refractivity contribution in [3.05, 3.63) is 65.2 Å². The van der Waals surface area contributed by atoms with Crippen molar-refractivity contribution in [2.45, 2.75) is 25.8 Å². The van der Waals surface area contributed by atoms with E-state index in [2.05, 4.69) is 5.32 Å². The predicted molar refractivity (Wildman–Crippen MR) is 101 cm³/mol. The molecule has 0 bridgehead atoms. The van der Waals surface area contributed by atoms with Crippen LogP contribution in [-0.2, 0) is 0 Å². The normalized spacial score (nSPS) is 14.8. The fourth-order valence-corrected chi connectivity index (χ4v) is 3.27. The van der Waals surface area contributed by atoms with Crippen LogP contribution in [0, 0.1) is 6.92 Å². The molecule has 1 aliphatic heterocycles. The third-order valence-corrected chi connectivity index (χ3v) is 4.74. The summed E-state index contributed by atoms with van der Waals surface area (Å²) in [4.78, 5) is 26.9. The van der Waals surface area contributed by atoms with Crippen molar-refractivity contribution >= 4 is 11.8 Å². The van der Waals surface area contributed by atoms with Crippen LogP contribution in [0.15, 0.2) is 48.5 Å². The van der Waals surface area contributed by atoms with Gasteiger partial charge in [-0.05, 0) is 44.0 Å². The predicted octanol–water partition coefficient (Wildman–Crippen LogP) is 3.04. The van der Waals surface area contributed by atoms with Gasteiger partial charge in [-0.3, -0.25) is 9.59 Å². The molecular formula is C21H24N2O3. The zero-order valence-electron chi connectivity index (χ0n) is 15.2. The number of methoxy groups -OCH3 is 1. The molecule has 1 heterocycles. The van der Waals surface area contributed by atoms with E-state index in [1.807, 2.05) is 48.2 Å². The molecule has 2 amide bonds. The zero-order chi connectivity index (χ0) is 18.5. The number of nitrogens with one attached hydrogen (secondary N) is 1. The minimum atomic E-state index is -0.0526. The highest BCUT2D eigenvalue weighted by atomic mass is 16.5. The van der Waals surface area contributed by atoms with Crippen molar-refractivity contribution in [2.75, 3.05) is 20.2 Å². The molecule has 136 valence electrons. The minimum Gasteiger partial charge on any atom is -0.496 e. The molecule has 1 N–H and O–H groups in total. The number of benzene rings is 2. The first kappa shape index (κ1) is 18.0. The van der Waals surface area contributed by atoms with Crippen LogP contribution in [0.25, 0.3) is 0 Å². The second kappa shape index (κ2) is 8.04. The summed E-state index contributed by atoms with van der Waals surface area (Å²) in [5.41, 5.74) is 2.32. The number of likely N-dealkylation sites (tertiary alicyclic amines) is 1. The van der Waals surface area contributed by atoms with Gasteiger partial charge >= 0.3 is 0 Å². The Labute approximate surface area is 154 Å². The van der Waals surface area contributed by atoms with Crippen molar-refractivity contribution in [1.29, 1.82) is 0 Å². The lowest BCUT2D eigenvalue weighted by atomic mass is 10.0. The average molecular weight is 352 g/mol. The molecule has 3 rings (SSSR count). The van der Waals surface area contributed by atoms with E-state index in [0.717, 1.165) is 18.4 Å². The Morgan fingerprint density at radius 3 is 2.50 bits per heavy atom. The Bertz CT molecular complexity index is 795. The van der Waals surface area contributed by atoms with Gasteiger partial charge in [0.25, 0.3) is 11.8 Å². The van der Waals surface area contributed by atoms with Crippen LogP contribution >= 0.6 is 0 Å². The van der Waals surface area contributed by atoms with E-state index in [9.17, 15) is 9.59 Å². The van der Waals surface area contributed by atoms with E-state index in [1.54, 1.807) is 19.2 Å². The highest BCUT2D eigenvalue weighted by Crippen LogP contribution is 2.21. The lowest BCUT2D eigenvalue weighted by Crippen LogP contribution is -2.46. The van der Waals surface area contributed by atoms with Crippen LogP contribution < -0.4 is 10.1 Å². The molecule has 1 saturated heterocycles. The number of carbonyl (C=O) groups is 2. The SMILES string of the molecule is COc1ccccc1C(=O)N1CCC(NC(=O)c2cccc(C)c2)CC1. The van der Waals surface area contributed by atoms with Gasteiger partial charge in [0.15, 0.2) is 0 Å². The Morgan fingerprint density at radius 2 is 1.81 bits per heavy atom. The van der Waals surface area contributed by atoms with Gasteiger partial charge in [0, 0.05) is 24.7 Å². The molecule has 5 nitrogen and oxygen atoms in total. The van der Waals surface area contributed by atoms with Crippen molar-refractivity contribution in [3.8, 4) is 5.75 Å². The molecule has 0 saturated carbocycles. The number of piperidine rings is 1. The Kier molecular flexibility index (Phi) is 5.56. The maximum Gasteiger partial charge on any atom is 0.257 e. The van der Waals surface area contributed by atoms with Crippen molar-refractivity contribution in [2.24, 2.45) is 0 Å². The quantitative estimate of drug-likeness (QED) is 0.920. The van der Waals surface area contributed by atoms with E-state index < -0.39 is 0 Å². The summed E-state index contributed by atoms with van der Waals surface area (Å²) in [7, 11) is 1.57. The summed E-state index contributed by atoms with van der Waals surface area (Å²) in [5, 5.41) is 3.08. The van der Waals surface area contributed by atoms with Crippen LogP contribution in [0.2, 0.25) is 0 Å². The minimum absolute atomic E-state index is 0.0223. The summed E-state index contributed by atoms with van der Waals surface area (Å²) < 4.78 is 5.29. The van der Waals surface area contributed by atoms with Gasteiger partial charge in [0.2, 0.25) is 0 Å². The molecule has 0 atom stereocenters. The summed E-state index contributed by atoms with van der Waals surface area (Å²) in [5.74, 6) is 0.515. The highest BCUT2D eigenvalue weighted by Gasteiger charge is 2.26. The average Bonchev–Trinajstić information content (AvgIpc) is 2.68. The first-order chi connectivity index (χ1) is 12.6. The van der Waals surface area contributed by atoms with Crippen LogP contribution in [0.1, 0.15) is 39.1 Å². The molecule has 0 aliphatic carbocycles. The molecule has 5 heteroatoms. The van der Waals surface area contributed by atoms with Crippen LogP contribution in [-0.4, -0.2) is 43.0 Å². The fourth-order valence-electron chi connectivity index (χ4n) is 3.27. The standard InChI is InChI=1S/C21H24N2O3/c1-15-6-5-7-16(14-15)20(24)22-17-10-12-23(13-11-17)21(25)18-8-3-4-9-19(18)26-2/h3-9,14,17H,10-13H2,1-2H3,(H,22,24). The molecular weight excluding hydrogens is 328 g/mol. The molecule has 2 aromatic rings. The van der Waals surface area contributed by atoms with Gasteiger partial charge in [-0.2, -0.15) is 0 Å². The summed E-state index contributed by atoms with van der Waals surface area (Å²) in [6, 6.07) is 14.9. The number of rotatable bonds is 4. The Balaban J connectivity index is 1.57. The summed E-state index contributed by atoms with van der Waals surface area (Å²) in [6.45, 7) is 3.21. The number of hydrogen-bond acceptors (Lipinski definition) is 3. The largest absolute Gasteiger partial charge is 0.496 e. The van der Waals surface area contributed by atoms with Crippen molar-refractivity contribution in [1.82, 2.24) is 10.2 Å². The smallest absolute Gasteiger partial charge is 0.257 e. The van der Waals surface area contributed by atoms with Crippen molar-refractivity contribution in [3.63, 3.8) is 0 Å². The summed E-state index contributed by atoms with van der Waals surface area (Å²) in [6.07, 6.45) is 1.50. The highest BCUT2D eigenvalue weighted by molar-refractivity contribution is 5.97. The fraction of sp³-hybridized carbons (Fsp3) is 0.333. The van der Waals surface area contributed by atoms with E-state index in [-0.39, 0.29) is 17.9 Å². The number of para-hydroxylation sites is 1. The van der Waals surface area contributed by atoms with Gasteiger partial charge < -0.3 is 15.0 Å². The first-order valence-corrected chi connectivity index (χ1v) is 8.88. The van der Waals surface area contributed by atoms with E-state index >= 15 is 0 Å². The molecule has 0 radical (unpaired) electrons. The maximum atomic E-state index is 12.7. The van der Waals surface area contributed by atoms with E-state index in [4.69, 9.17) is 4.74 Å². The molecule has 0 aromatic heterocycles.